The van der Waals surface area contributed by atoms with Crippen molar-refractivity contribution in [2.24, 2.45) is 0 Å². The number of carbonyl (C=O) groups is 1. The van der Waals surface area contributed by atoms with Crippen LogP contribution in [0.1, 0.15) is 17.6 Å². The first-order valence-electron chi connectivity index (χ1n) is 12.4. The van der Waals surface area contributed by atoms with Gasteiger partial charge in [0.25, 0.3) is 17.4 Å². The molecule has 3 heterocycles. The summed E-state index contributed by atoms with van der Waals surface area (Å²) in [6, 6.07) is 1.60. The summed E-state index contributed by atoms with van der Waals surface area (Å²) in [6.07, 6.45) is -21.4. The van der Waals surface area contributed by atoms with Crippen molar-refractivity contribution in [3.8, 4) is 5.75 Å². The van der Waals surface area contributed by atoms with E-state index in [0.29, 0.717) is 5.56 Å². The topological polar surface area (TPSA) is 261 Å². The lowest BCUT2D eigenvalue weighted by molar-refractivity contribution is -0.336. The monoisotopic (exact) mass is 643 g/mol. The first-order valence-corrected chi connectivity index (χ1v) is 13.5. The van der Waals surface area contributed by atoms with E-state index in [4.69, 9.17) is 23.4 Å². The van der Waals surface area contributed by atoms with Gasteiger partial charge in [-0.25, -0.2) is 26.8 Å². The summed E-state index contributed by atoms with van der Waals surface area (Å²) in [6.45, 7) is 0.576. The van der Waals surface area contributed by atoms with Gasteiger partial charge in [0.1, 0.15) is 54.0 Å². The number of carboxylic acids is 1. The minimum atomic E-state index is -3.57. The largest absolute Gasteiger partial charge is 0.479 e. The maximum Gasteiger partial charge on any atom is 0.336 e. The lowest BCUT2D eigenvalue weighted by atomic mass is 9.96. The normalized spacial score (nSPS) is 33.3. The third-order valence-corrected chi connectivity index (χ3v) is 7.06. The molecule has 2 aromatic rings. The van der Waals surface area contributed by atoms with Crippen molar-refractivity contribution in [3.05, 3.63) is 39.7 Å². The quantitative estimate of drug-likeness (QED) is 0.0738. The Morgan fingerprint density at radius 2 is 1.77 bits per heavy atom. The van der Waals surface area contributed by atoms with Crippen LogP contribution in [0.2, 0.25) is 0 Å². The van der Waals surface area contributed by atoms with E-state index in [0.717, 1.165) is 12.1 Å². The van der Waals surface area contributed by atoms with Crippen LogP contribution in [0.5, 0.6) is 5.75 Å². The Bertz CT molecular complexity index is 1450. The highest BCUT2D eigenvalue weighted by molar-refractivity contribution is 7.67. The number of hydrogen-bond donors (Lipinski definition) is 8. The maximum atomic E-state index is 14.1. The third-order valence-electron chi connectivity index (χ3n) is 6.80. The van der Waals surface area contributed by atoms with Crippen LogP contribution >= 0.6 is 0 Å². The van der Waals surface area contributed by atoms with Crippen molar-refractivity contribution in [1.82, 2.24) is 5.48 Å². The lowest BCUT2D eigenvalue weighted by Crippen LogP contribution is -2.67. The third kappa shape index (κ3) is 6.78. The van der Waals surface area contributed by atoms with Crippen LogP contribution in [-0.4, -0.2) is 113 Å². The molecule has 20 heteroatoms. The van der Waals surface area contributed by atoms with Crippen molar-refractivity contribution >= 4 is 27.9 Å². The number of hydroxylamine groups is 1. The summed E-state index contributed by atoms with van der Waals surface area (Å²) in [5.74, 6) is -2.50. The molecule has 0 saturated carbocycles. The summed E-state index contributed by atoms with van der Waals surface area (Å²) < 4.78 is 80.5. The molecular weight excluding hydrogens is 616 g/mol. The van der Waals surface area contributed by atoms with Gasteiger partial charge in [-0.2, -0.15) is 9.76 Å². The smallest absolute Gasteiger partial charge is 0.336 e. The number of aliphatic hydroxyl groups excluding tert-OH is 5. The van der Waals surface area contributed by atoms with Crippen LogP contribution in [0.25, 0.3) is 11.0 Å². The molecule has 0 spiro atoms. The number of aryl methyl sites for hydroxylation is 1. The second-order valence-electron chi connectivity index (χ2n) is 9.53. The molecule has 0 amide bonds. The number of alkyl halides is 2. The van der Waals surface area contributed by atoms with Crippen molar-refractivity contribution < 1.29 is 80.3 Å². The van der Waals surface area contributed by atoms with Crippen LogP contribution in [-0.2, 0) is 34.3 Å². The fourth-order valence-electron chi connectivity index (χ4n) is 4.69. The molecule has 0 bridgehead atoms. The Hall–Kier alpha value is -2.89. The summed E-state index contributed by atoms with van der Waals surface area (Å²) in [5, 5.41) is 61.5. The van der Waals surface area contributed by atoms with Gasteiger partial charge in [-0.3, -0.25) is 0 Å². The Kier molecular flexibility index (Phi) is 10.3. The molecule has 7 N–H and O–H groups in total. The molecule has 17 nitrogen and oxygen atoms in total. The number of fused-ring (bicyclic) bond motifs is 1. The van der Waals surface area contributed by atoms with Gasteiger partial charge in [-0.1, -0.05) is 0 Å². The van der Waals surface area contributed by atoms with Crippen molar-refractivity contribution in [1.29, 1.82) is 0 Å². The number of nitrogens with one attached hydrogen (secondary N) is 1. The second-order valence-corrected chi connectivity index (χ2v) is 10.2. The number of benzene rings is 1. The zero-order chi connectivity index (χ0) is 31.7. The highest BCUT2D eigenvalue weighted by atomic mass is 32.2. The maximum absolute atomic E-state index is 14.1. The lowest BCUT2D eigenvalue weighted by Gasteiger charge is -2.46. The molecule has 2 aliphatic rings. The first kappa shape index (κ1) is 33.0. The molecule has 4 rings (SSSR count). The molecule has 0 unspecified atom stereocenters. The van der Waals surface area contributed by atoms with E-state index in [9.17, 15) is 57.4 Å². The number of hydrogen-bond acceptors (Lipinski definition) is 16. The Labute approximate surface area is 240 Å². The van der Waals surface area contributed by atoms with Crippen molar-refractivity contribution in [2.75, 3.05) is 6.61 Å². The van der Waals surface area contributed by atoms with E-state index >= 15 is 0 Å². The molecule has 2 aliphatic heterocycles. The average Bonchev–Trinajstić information content (AvgIpc) is 2.93. The van der Waals surface area contributed by atoms with Gasteiger partial charge in [0.05, 0.1) is 6.61 Å². The molecule has 2 fully saturated rings. The van der Waals surface area contributed by atoms with Gasteiger partial charge >= 0.3 is 11.6 Å². The number of ether oxygens (including phenoxy) is 4. The van der Waals surface area contributed by atoms with E-state index in [1.807, 2.05) is 5.48 Å². The minimum absolute atomic E-state index is 0.138. The van der Waals surface area contributed by atoms with E-state index in [2.05, 4.69) is 4.28 Å². The number of halogens is 2. The van der Waals surface area contributed by atoms with Crippen LogP contribution in [0.4, 0.5) is 8.78 Å². The van der Waals surface area contributed by atoms with Gasteiger partial charge in [0.15, 0.2) is 18.0 Å². The SMILES string of the molecule is Cc1cc(=O)oc2c(C(F)F)c(O[C@@H]3O[C@H](C(=O)O)[C@@H](O[C@H]4O[C@H](CO)[C@@H](O)[C@H](O)[C@H]4NO[SH](=O)=O)[C@H](O)[C@H]3O)ccc12. The molecule has 1 aromatic carbocycles. The average molecular weight is 644 g/mol. The number of aliphatic carboxylic acids is 1. The van der Waals surface area contributed by atoms with Gasteiger partial charge < -0.3 is 54.0 Å². The Morgan fingerprint density at radius 1 is 1.07 bits per heavy atom. The molecule has 0 aliphatic carbocycles. The molecule has 1 aromatic heterocycles. The zero-order valence-corrected chi connectivity index (χ0v) is 22.7. The molecule has 2 saturated heterocycles. The van der Waals surface area contributed by atoms with E-state index in [-0.39, 0.29) is 5.39 Å². The van der Waals surface area contributed by atoms with Gasteiger partial charge in [0, 0.05) is 11.5 Å². The van der Waals surface area contributed by atoms with Gasteiger partial charge in [0.2, 0.25) is 6.29 Å². The van der Waals surface area contributed by atoms with Crippen LogP contribution < -0.4 is 15.8 Å². The molecule has 0 radical (unpaired) electrons. The number of rotatable bonds is 10. The van der Waals surface area contributed by atoms with Crippen LogP contribution in [0, 0.1) is 6.92 Å². The Morgan fingerprint density at radius 3 is 2.37 bits per heavy atom. The fourth-order valence-corrected chi connectivity index (χ4v) is 4.90. The molecule has 43 heavy (non-hydrogen) atoms. The summed E-state index contributed by atoms with van der Waals surface area (Å²) in [4.78, 5) is 23.9. The second kappa shape index (κ2) is 13.4. The van der Waals surface area contributed by atoms with Gasteiger partial charge in [-0.05, 0) is 24.6 Å². The molecule has 240 valence electrons. The number of carboxylic acid groups (broad SMARTS) is 1. The highest BCUT2D eigenvalue weighted by Crippen LogP contribution is 2.38. The summed E-state index contributed by atoms with van der Waals surface area (Å²) >= 11 is 0. The van der Waals surface area contributed by atoms with Gasteiger partial charge in [-0.15, -0.1) is 0 Å². The van der Waals surface area contributed by atoms with Crippen LogP contribution in [0.3, 0.4) is 0 Å². The molecular formula is C23H27F2NO16S. The standard InChI is InChI=1S/C23H27F2NO16S/c1-6-4-10(28)39-17-7(6)2-3-8(11(17)20(24)25)37-23-16(32)15(31)18(19(41-23)21(33)34)40-22-12(26-42-43(35)36)14(30)13(29)9(5-27)38-22/h2-4,9,12-16,18-20,22-23,26-27,29-32,43H,5H2,1H3,(H,33,34)/t9-,12-,13-,14-,15-,16-,18+,19+,22-,23-/m1/s1. The van der Waals surface area contributed by atoms with E-state index < -0.39 is 114 Å². The molecule has 10 atom stereocenters. The minimum Gasteiger partial charge on any atom is -0.479 e. The van der Waals surface area contributed by atoms with Crippen molar-refractivity contribution in [3.63, 3.8) is 0 Å². The number of thiol groups is 1. The summed E-state index contributed by atoms with van der Waals surface area (Å²) in [5.41, 5.74) is -0.246. The first-order chi connectivity index (χ1) is 20.2. The number of aliphatic hydroxyl groups is 5. The van der Waals surface area contributed by atoms with E-state index in [1.165, 1.54) is 13.0 Å². The predicted molar refractivity (Wildman–Crippen MR) is 132 cm³/mol. The van der Waals surface area contributed by atoms with E-state index in [1.54, 1.807) is 0 Å². The predicted octanol–water partition coefficient (Wildman–Crippen LogP) is -2.81. The highest BCUT2D eigenvalue weighted by Gasteiger charge is 2.54. The van der Waals surface area contributed by atoms with Crippen LogP contribution in [0.15, 0.2) is 27.4 Å². The zero-order valence-electron chi connectivity index (χ0n) is 21.8. The Balaban J connectivity index is 1.63. The summed E-state index contributed by atoms with van der Waals surface area (Å²) in [7, 11) is -3.57. The van der Waals surface area contributed by atoms with Crippen molar-refractivity contribution in [2.45, 2.75) is 74.7 Å². The fraction of sp³-hybridized carbons (Fsp3) is 0.565.